The van der Waals surface area contributed by atoms with Crippen molar-refractivity contribution in [2.75, 3.05) is 13.1 Å². The highest BCUT2D eigenvalue weighted by Crippen LogP contribution is 2.30. The van der Waals surface area contributed by atoms with Gasteiger partial charge in [-0.2, -0.15) is 0 Å². The Hall–Kier alpha value is -3.42. The van der Waals surface area contributed by atoms with E-state index in [1.165, 1.54) is 12.2 Å². The van der Waals surface area contributed by atoms with Crippen LogP contribution in [0.3, 0.4) is 0 Å². The Morgan fingerprint density at radius 3 is 2.26 bits per heavy atom. The molecule has 0 spiro atoms. The molecule has 180 valence electrons. The summed E-state index contributed by atoms with van der Waals surface area (Å²) in [6.45, 7) is 0.852. The highest BCUT2D eigenvalue weighted by Gasteiger charge is 2.27. The molecule has 1 aromatic rings. The summed E-state index contributed by atoms with van der Waals surface area (Å²) < 4.78 is 0. The third kappa shape index (κ3) is 6.79. The molecule has 0 unspecified atom stereocenters. The van der Waals surface area contributed by atoms with Crippen molar-refractivity contribution in [3.8, 4) is 0 Å². The minimum absolute atomic E-state index is 0.0106. The van der Waals surface area contributed by atoms with Gasteiger partial charge >= 0.3 is 0 Å². The van der Waals surface area contributed by atoms with E-state index in [1.54, 1.807) is 18.2 Å². The van der Waals surface area contributed by atoms with Gasteiger partial charge in [-0.15, -0.1) is 0 Å². The van der Waals surface area contributed by atoms with Crippen LogP contribution in [-0.4, -0.2) is 54.1 Å². The van der Waals surface area contributed by atoms with Crippen LogP contribution < -0.4 is 5.32 Å². The molecule has 0 saturated heterocycles. The Morgan fingerprint density at radius 1 is 0.941 bits per heavy atom. The number of benzene rings is 1. The highest BCUT2D eigenvalue weighted by molar-refractivity contribution is 6.12. The van der Waals surface area contributed by atoms with Gasteiger partial charge in [0.25, 0.3) is 11.8 Å². The van der Waals surface area contributed by atoms with Gasteiger partial charge in [-0.1, -0.05) is 12.1 Å². The quantitative estimate of drug-likeness (QED) is 0.373. The fourth-order valence-electron chi connectivity index (χ4n) is 4.55. The van der Waals surface area contributed by atoms with Crippen LogP contribution in [0.2, 0.25) is 0 Å². The number of carbonyl (C=O) groups is 6. The van der Waals surface area contributed by atoms with Crippen LogP contribution in [0.4, 0.5) is 0 Å². The maximum Gasteiger partial charge on any atom is 0.253 e. The van der Waals surface area contributed by atoms with Crippen molar-refractivity contribution in [3.05, 3.63) is 47.0 Å². The van der Waals surface area contributed by atoms with Crippen molar-refractivity contribution in [1.29, 1.82) is 0 Å². The van der Waals surface area contributed by atoms with Gasteiger partial charge in [-0.25, -0.2) is 0 Å². The molecule has 8 heteroatoms. The van der Waals surface area contributed by atoms with Crippen molar-refractivity contribution in [1.82, 2.24) is 10.2 Å². The number of ketones is 1. The summed E-state index contributed by atoms with van der Waals surface area (Å²) >= 11 is 0. The molecule has 0 radical (unpaired) electrons. The second-order valence-corrected chi connectivity index (χ2v) is 8.95. The zero-order valence-electron chi connectivity index (χ0n) is 19.2. The minimum Gasteiger partial charge on any atom is -0.356 e. The van der Waals surface area contributed by atoms with E-state index in [-0.39, 0.29) is 36.0 Å². The number of nitrogens with zero attached hydrogens (tertiary/aromatic N) is 1. The fourth-order valence-corrected chi connectivity index (χ4v) is 4.55. The first kappa shape index (κ1) is 25.2. The molecule has 0 bridgehead atoms. The number of Topliss-reactive ketones (excluding diaryl/α,β-unsaturated/α-hetero) is 1. The number of hydrogen-bond acceptors (Lipinski definition) is 6. The third-order valence-electron chi connectivity index (χ3n) is 6.64. The summed E-state index contributed by atoms with van der Waals surface area (Å²) in [5, 5.41) is 2.97. The SMILES string of the molecule is O=Cc1ccc(CCC(=O)NCC2CCC(C(=O)CCCN3C(=O)C=CC3=O)CC2)cc1C=O. The van der Waals surface area contributed by atoms with Crippen LogP contribution in [0.25, 0.3) is 0 Å². The van der Waals surface area contributed by atoms with Crippen LogP contribution in [0.1, 0.15) is 71.2 Å². The molecule has 0 aromatic heterocycles. The van der Waals surface area contributed by atoms with E-state index in [0.29, 0.717) is 61.8 Å². The largest absolute Gasteiger partial charge is 0.356 e. The van der Waals surface area contributed by atoms with Gasteiger partial charge in [0.15, 0.2) is 12.6 Å². The van der Waals surface area contributed by atoms with Gasteiger partial charge in [0.2, 0.25) is 5.91 Å². The van der Waals surface area contributed by atoms with E-state index >= 15 is 0 Å². The van der Waals surface area contributed by atoms with Crippen LogP contribution in [-0.2, 0) is 25.6 Å². The van der Waals surface area contributed by atoms with Crippen molar-refractivity contribution >= 4 is 36.1 Å². The molecule has 1 N–H and O–H groups in total. The Labute approximate surface area is 198 Å². The lowest BCUT2D eigenvalue weighted by molar-refractivity contribution is -0.137. The van der Waals surface area contributed by atoms with E-state index in [2.05, 4.69) is 5.32 Å². The van der Waals surface area contributed by atoms with Crippen molar-refractivity contribution in [2.45, 2.75) is 51.4 Å². The molecule has 1 saturated carbocycles. The molecule has 0 atom stereocenters. The predicted octanol–water partition coefficient (Wildman–Crippen LogP) is 2.44. The second kappa shape index (κ2) is 12.2. The monoisotopic (exact) mass is 466 g/mol. The van der Waals surface area contributed by atoms with Gasteiger partial charge in [0.05, 0.1) is 0 Å². The first-order chi connectivity index (χ1) is 16.4. The Morgan fingerprint density at radius 2 is 1.62 bits per heavy atom. The van der Waals surface area contributed by atoms with Crippen LogP contribution in [0, 0.1) is 11.8 Å². The summed E-state index contributed by atoms with van der Waals surface area (Å²) in [6.07, 6.45) is 8.74. The first-order valence-corrected chi connectivity index (χ1v) is 11.8. The van der Waals surface area contributed by atoms with Crippen LogP contribution >= 0.6 is 0 Å². The predicted molar refractivity (Wildman–Crippen MR) is 124 cm³/mol. The molecule has 8 nitrogen and oxygen atoms in total. The van der Waals surface area contributed by atoms with Crippen molar-refractivity contribution < 1.29 is 28.8 Å². The van der Waals surface area contributed by atoms with E-state index in [0.717, 1.165) is 36.1 Å². The maximum atomic E-state index is 12.5. The number of hydrogen-bond donors (Lipinski definition) is 1. The topological polar surface area (TPSA) is 118 Å². The zero-order valence-corrected chi connectivity index (χ0v) is 19.2. The molecule has 3 amide bonds. The molecule has 1 heterocycles. The lowest BCUT2D eigenvalue weighted by Gasteiger charge is -2.28. The van der Waals surface area contributed by atoms with Gasteiger partial charge in [0, 0.05) is 55.1 Å². The molecule has 1 fully saturated rings. The summed E-state index contributed by atoms with van der Waals surface area (Å²) in [7, 11) is 0. The number of amides is 3. The number of rotatable bonds is 12. The van der Waals surface area contributed by atoms with Gasteiger partial charge < -0.3 is 5.32 Å². The summed E-state index contributed by atoms with van der Waals surface area (Å²) in [5.74, 6) is -0.164. The average Bonchev–Trinajstić information content (AvgIpc) is 3.18. The molecule has 2 aliphatic rings. The van der Waals surface area contributed by atoms with E-state index in [1.807, 2.05) is 0 Å². The number of carbonyl (C=O) groups excluding carboxylic acids is 6. The number of aryl methyl sites for hydroxylation is 1. The normalized spacial score (nSPS) is 19.8. The van der Waals surface area contributed by atoms with E-state index < -0.39 is 0 Å². The third-order valence-corrected chi connectivity index (χ3v) is 6.64. The fraction of sp³-hybridized carbons (Fsp3) is 0.462. The standard InChI is InChI=1S/C26H30N2O6/c29-16-21-9-3-18(14-22(21)17-30)6-10-24(32)27-15-19-4-7-20(8-5-19)23(31)2-1-13-28-25(33)11-12-26(28)34/h3,9,11-12,14,16-17,19-20H,1-2,4-8,10,13,15H2,(H,27,32). The molecular formula is C26H30N2O6. The van der Waals surface area contributed by atoms with Crippen molar-refractivity contribution in [2.24, 2.45) is 11.8 Å². The lowest BCUT2D eigenvalue weighted by atomic mass is 9.79. The molecule has 1 aromatic carbocycles. The number of nitrogens with one attached hydrogen (secondary N) is 1. The van der Waals surface area contributed by atoms with E-state index in [9.17, 15) is 28.8 Å². The number of aldehydes is 2. The molecule has 1 aliphatic heterocycles. The summed E-state index contributed by atoms with van der Waals surface area (Å²) in [5.41, 5.74) is 1.50. The Balaban J connectivity index is 1.31. The van der Waals surface area contributed by atoms with Gasteiger partial charge in [-0.3, -0.25) is 33.7 Å². The Bertz CT molecular complexity index is 973. The lowest BCUT2D eigenvalue weighted by Crippen LogP contribution is -2.33. The molecule has 34 heavy (non-hydrogen) atoms. The smallest absolute Gasteiger partial charge is 0.253 e. The minimum atomic E-state index is -0.318. The maximum absolute atomic E-state index is 12.5. The van der Waals surface area contributed by atoms with E-state index in [4.69, 9.17) is 0 Å². The van der Waals surface area contributed by atoms with Gasteiger partial charge in [0.1, 0.15) is 5.78 Å². The first-order valence-electron chi connectivity index (χ1n) is 11.8. The molecule has 3 rings (SSSR count). The van der Waals surface area contributed by atoms with Crippen LogP contribution in [0.5, 0.6) is 0 Å². The summed E-state index contributed by atoms with van der Waals surface area (Å²) in [6, 6.07) is 4.98. The number of imide groups is 1. The highest BCUT2D eigenvalue weighted by atomic mass is 16.2. The Kier molecular flexibility index (Phi) is 9.01. The molecular weight excluding hydrogens is 436 g/mol. The van der Waals surface area contributed by atoms with Gasteiger partial charge in [-0.05, 0) is 56.1 Å². The summed E-state index contributed by atoms with van der Waals surface area (Å²) in [4.78, 5) is 71.0. The molecule has 1 aliphatic carbocycles. The second-order valence-electron chi connectivity index (χ2n) is 8.95. The van der Waals surface area contributed by atoms with Crippen molar-refractivity contribution in [3.63, 3.8) is 0 Å². The zero-order chi connectivity index (χ0) is 24.5. The average molecular weight is 467 g/mol. The van der Waals surface area contributed by atoms with Crippen LogP contribution in [0.15, 0.2) is 30.4 Å².